The zero-order chi connectivity index (χ0) is 12.1. The number of benzene rings is 1. The molecule has 0 saturated carbocycles. The Morgan fingerprint density at radius 2 is 2.12 bits per heavy atom. The number of nitrogens with one attached hydrogen (secondary N) is 1. The molecule has 0 bridgehead atoms. The number of hydrogen-bond donors (Lipinski definition) is 2. The first-order valence-corrected chi connectivity index (χ1v) is 5.17. The maximum absolute atomic E-state index is 11.5. The van der Waals surface area contributed by atoms with Crippen LogP contribution in [0, 0.1) is 5.92 Å². The highest BCUT2D eigenvalue weighted by Gasteiger charge is 2.20. The molecule has 0 aromatic heterocycles. The lowest BCUT2D eigenvalue weighted by Crippen LogP contribution is -2.26. The monoisotopic (exact) mass is 221 g/mol. The summed E-state index contributed by atoms with van der Waals surface area (Å²) in [6.45, 7) is 3.38. The minimum atomic E-state index is -1.12. The van der Waals surface area contributed by atoms with Gasteiger partial charge in [-0.05, 0) is 31.0 Å². The summed E-state index contributed by atoms with van der Waals surface area (Å²) in [5.41, 5.74) is 1.73. The van der Waals surface area contributed by atoms with Crippen LogP contribution in [-0.2, 0) is 16.0 Å². The van der Waals surface area contributed by atoms with Crippen LogP contribution in [0.5, 0.6) is 0 Å². The second kappa shape index (κ2) is 5.30. The highest BCUT2D eigenvalue weighted by molar-refractivity contribution is 6.03. The fraction of sp³-hybridized carbons (Fsp3) is 0.333. The summed E-state index contributed by atoms with van der Waals surface area (Å²) in [4.78, 5) is 22.1. The highest BCUT2D eigenvalue weighted by atomic mass is 16.4. The second-order valence-corrected chi connectivity index (χ2v) is 3.60. The zero-order valence-corrected chi connectivity index (χ0v) is 9.36. The molecule has 4 heteroatoms. The first-order chi connectivity index (χ1) is 7.54. The predicted octanol–water partition coefficient (Wildman–Crippen LogP) is 1.91. The van der Waals surface area contributed by atoms with Gasteiger partial charge in [-0.1, -0.05) is 19.1 Å². The van der Waals surface area contributed by atoms with Crippen LogP contribution >= 0.6 is 0 Å². The van der Waals surface area contributed by atoms with Crippen LogP contribution < -0.4 is 5.32 Å². The Hall–Kier alpha value is -1.84. The molecule has 86 valence electrons. The van der Waals surface area contributed by atoms with Gasteiger partial charge in [-0.2, -0.15) is 0 Å². The van der Waals surface area contributed by atoms with Crippen LogP contribution in [0.1, 0.15) is 19.4 Å². The van der Waals surface area contributed by atoms with E-state index >= 15 is 0 Å². The van der Waals surface area contributed by atoms with Gasteiger partial charge in [0.25, 0.3) is 0 Å². The molecule has 4 nitrogen and oxygen atoms in total. The van der Waals surface area contributed by atoms with Gasteiger partial charge in [0, 0.05) is 5.69 Å². The Bertz CT molecular complexity index is 401. The van der Waals surface area contributed by atoms with Crippen molar-refractivity contribution >= 4 is 17.6 Å². The molecular weight excluding hydrogens is 206 g/mol. The van der Waals surface area contributed by atoms with Crippen LogP contribution in [0.4, 0.5) is 5.69 Å². The fourth-order valence-electron chi connectivity index (χ4n) is 1.23. The molecule has 0 radical (unpaired) electrons. The summed E-state index contributed by atoms with van der Waals surface area (Å²) in [6, 6.07) is 7.37. The number of carbonyl (C=O) groups excluding carboxylic acids is 1. The number of rotatable bonds is 4. The predicted molar refractivity (Wildman–Crippen MR) is 61.2 cm³/mol. The van der Waals surface area contributed by atoms with Crippen LogP contribution in [0.3, 0.4) is 0 Å². The van der Waals surface area contributed by atoms with Crippen LogP contribution in [0.2, 0.25) is 0 Å². The molecule has 1 amide bonds. The van der Waals surface area contributed by atoms with Crippen molar-refractivity contribution in [2.24, 2.45) is 5.92 Å². The van der Waals surface area contributed by atoms with Crippen molar-refractivity contribution in [2.75, 3.05) is 5.32 Å². The topological polar surface area (TPSA) is 66.4 Å². The van der Waals surface area contributed by atoms with Crippen molar-refractivity contribution in [3.05, 3.63) is 29.8 Å². The van der Waals surface area contributed by atoms with Gasteiger partial charge >= 0.3 is 5.97 Å². The number of anilines is 1. The van der Waals surface area contributed by atoms with Crippen molar-refractivity contribution in [2.45, 2.75) is 20.3 Å². The van der Waals surface area contributed by atoms with Gasteiger partial charge in [0.05, 0.1) is 0 Å². The maximum atomic E-state index is 11.5. The lowest BCUT2D eigenvalue weighted by atomic mass is 10.1. The molecule has 1 rings (SSSR count). The summed E-state index contributed by atoms with van der Waals surface area (Å²) < 4.78 is 0. The Labute approximate surface area is 94.3 Å². The molecule has 0 aliphatic rings. The number of aryl methyl sites for hydroxylation is 1. The molecule has 0 aliphatic carbocycles. The second-order valence-electron chi connectivity index (χ2n) is 3.60. The van der Waals surface area contributed by atoms with Crippen molar-refractivity contribution in [1.82, 2.24) is 0 Å². The molecule has 16 heavy (non-hydrogen) atoms. The molecule has 0 spiro atoms. The van der Waals surface area contributed by atoms with Gasteiger partial charge in [0.2, 0.25) is 5.91 Å². The van der Waals surface area contributed by atoms with Gasteiger partial charge in [-0.25, -0.2) is 0 Å². The SMILES string of the molecule is CCc1cccc(NC(=O)C(C)C(=O)O)c1. The van der Waals surface area contributed by atoms with E-state index in [9.17, 15) is 9.59 Å². The van der Waals surface area contributed by atoms with E-state index in [-0.39, 0.29) is 0 Å². The van der Waals surface area contributed by atoms with E-state index in [1.165, 1.54) is 6.92 Å². The smallest absolute Gasteiger partial charge is 0.315 e. The highest BCUT2D eigenvalue weighted by Crippen LogP contribution is 2.12. The number of hydrogen-bond acceptors (Lipinski definition) is 2. The molecular formula is C12H15NO3. The van der Waals surface area contributed by atoms with E-state index in [2.05, 4.69) is 5.32 Å². The molecule has 0 heterocycles. The number of carboxylic acid groups (broad SMARTS) is 1. The Morgan fingerprint density at radius 3 is 2.69 bits per heavy atom. The summed E-state index contributed by atoms with van der Waals surface area (Å²) in [7, 11) is 0. The number of amides is 1. The third-order valence-electron chi connectivity index (χ3n) is 2.37. The van der Waals surface area contributed by atoms with Gasteiger partial charge in [-0.15, -0.1) is 0 Å². The summed E-state index contributed by atoms with van der Waals surface area (Å²) in [5.74, 6) is -2.66. The standard InChI is InChI=1S/C12H15NO3/c1-3-9-5-4-6-10(7-9)13-11(14)8(2)12(15)16/h4-8H,3H2,1-2H3,(H,13,14)(H,15,16). The lowest BCUT2D eigenvalue weighted by Gasteiger charge is -2.09. The molecule has 1 atom stereocenters. The van der Waals surface area contributed by atoms with E-state index in [0.717, 1.165) is 12.0 Å². The molecule has 1 aromatic rings. The van der Waals surface area contributed by atoms with Crippen LogP contribution in [0.25, 0.3) is 0 Å². The van der Waals surface area contributed by atoms with Crippen molar-refractivity contribution in [3.8, 4) is 0 Å². The normalized spacial score (nSPS) is 11.9. The summed E-state index contributed by atoms with van der Waals surface area (Å²) in [5, 5.41) is 11.2. The average molecular weight is 221 g/mol. The van der Waals surface area contributed by atoms with Gasteiger partial charge < -0.3 is 10.4 Å². The van der Waals surface area contributed by atoms with E-state index in [1.54, 1.807) is 6.07 Å². The van der Waals surface area contributed by atoms with Crippen LogP contribution in [0.15, 0.2) is 24.3 Å². The minimum absolute atomic E-state index is 0.499. The molecule has 0 saturated heterocycles. The summed E-state index contributed by atoms with van der Waals surface area (Å²) >= 11 is 0. The van der Waals surface area contributed by atoms with Crippen molar-refractivity contribution in [1.29, 1.82) is 0 Å². The third-order valence-corrected chi connectivity index (χ3v) is 2.37. The Kier molecular flexibility index (Phi) is 4.05. The third kappa shape index (κ3) is 3.08. The first-order valence-electron chi connectivity index (χ1n) is 5.17. The fourth-order valence-corrected chi connectivity index (χ4v) is 1.23. The number of aliphatic carboxylic acids is 1. The number of carboxylic acids is 1. The molecule has 0 aliphatic heterocycles. The average Bonchev–Trinajstić information content (AvgIpc) is 2.28. The van der Waals surface area contributed by atoms with E-state index in [0.29, 0.717) is 5.69 Å². The van der Waals surface area contributed by atoms with Crippen molar-refractivity contribution < 1.29 is 14.7 Å². The van der Waals surface area contributed by atoms with E-state index in [4.69, 9.17) is 5.11 Å². The Morgan fingerprint density at radius 1 is 1.44 bits per heavy atom. The van der Waals surface area contributed by atoms with E-state index in [1.807, 2.05) is 25.1 Å². The quantitative estimate of drug-likeness (QED) is 0.763. The molecule has 1 aromatic carbocycles. The van der Waals surface area contributed by atoms with Gasteiger partial charge in [-0.3, -0.25) is 9.59 Å². The molecule has 2 N–H and O–H groups in total. The van der Waals surface area contributed by atoms with Gasteiger partial charge in [0.15, 0.2) is 0 Å². The molecule has 0 fully saturated rings. The Balaban J connectivity index is 2.73. The summed E-state index contributed by atoms with van der Waals surface area (Å²) in [6.07, 6.45) is 0.873. The zero-order valence-electron chi connectivity index (χ0n) is 9.36. The van der Waals surface area contributed by atoms with E-state index < -0.39 is 17.8 Å². The minimum Gasteiger partial charge on any atom is -0.481 e. The molecule has 1 unspecified atom stereocenters. The largest absolute Gasteiger partial charge is 0.481 e. The van der Waals surface area contributed by atoms with Gasteiger partial charge in [0.1, 0.15) is 5.92 Å². The first kappa shape index (κ1) is 12.2. The van der Waals surface area contributed by atoms with Crippen molar-refractivity contribution in [3.63, 3.8) is 0 Å². The lowest BCUT2D eigenvalue weighted by molar-refractivity contribution is -0.144. The van der Waals surface area contributed by atoms with Crippen LogP contribution in [-0.4, -0.2) is 17.0 Å². The number of carbonyl (C=O) groups is 2. The maximum Gasteiger partial charge on any atom is 0.315 e.